The van der Waals surface area contributed by atoms with Crippen molar-refractivity contribution in [3.63, 3.8) is 0 Å². The molecule has 0 radical (unpaired) electrons. The van der Waals surface area contributed by atoms with Gasteiger partial charge in [-0.05, 0) is 19.3 Å². The van der Waals surface area contributed by atoms with E-state index in [9.17, 15) is 4.79 Å². The van der Waals surface area contributed by atoms with E-state index in [4.69, 9.17) is 4.74 Å². The summed E-state index contributed by atoms with van der Waals surface area (Å²) in [6, 6.07) is 0. The molecule has 0 saturated heterocycles. The summed E-state index contributed by atoms with van der Waals surface area (Å²) in [5, 5.41) is 0. The molecule has 2 heteroatoms. The first-order chi connectivity index (χ1) is 6.88. The molecule has 0 bridgehead atoms. The van der Waals surface area contributed by atoms with Crippen molar-refractivity contribution in [3.05, 3.63) is 12.2 Å². The summed E-state index contributed by atoms with van der Waals surface area (Å²) in [5.41, 5.74) is 0.596. The largest absolute Gasteiger partial charge is 0.458 e. The zero-order valence-electron chi connectivity index (χ0n) is 10.7. The van der Waals surface area contributed by atoms with Crippen molar-refractivity contribution in [2.24, 2.45) is 5.41 Å². The fraction of sp³-hybridized carbons (Fsp3) is 0.769. The minimum atomic E-state index is -0.245. The van der Waals surface area contributed by atoms with Crippen LogP contribution in [0, 0.1) is 5.41 Å². The van der Waals surface area contributed by atoms with Gasteiger partial charge in [-0.2, -0.15) is 0 Å². The third-order valence-corrected chi connectivity index (χ3v) is 3.12. The SMILES string of the molecule is C=C(CC)C(=O)OC(CC)C(C)(C)CC. The van der Waals surface area contributed by atoms with E-state index in [1.165, 1.54) is 0 Å². The predicted octanol–water partition coefficient (Wildman–Crippen LogP) is 3.71. The van der Waals surface area contributed by atoms with Gasteiger partial charge in [-0.15, -0.1) is 0 Å². The Morgan fingerprint density at radius 2 is 1.87 bits per heavy atom. The van der Waals surface area contributed by atoms with E-state index >= 15 is 0 Å². The Balaban J connectivity index is 4.47. The first-order valence-electron chi connectivity index (χ1n) is 5.77. The second-order valence-corrected chi connectivity index (χ2v) is 4.60. The van der Waals surface area contributed by atoms with Gasteiger partial charge in [0.05, 0.1) is 0 Å². The molecule has 0 aliphatic heterocycles. The fourth-order valence-electron chi connectivity index (χ4n) is 1.38. The molecule has 0 spiro atoms. The highest BCUT2D eigenvalue weighted by atomic mass is 16.5. The summed E-state index contributed by atoms with van der Waals surface area (Å²) in [6.07, 6.45) is 2.49. The van der Waals surface area contributed by atoms with Crippen molar-refractivity contribution in [2.75, 3.05) is 0 Å². The zero-order chi connectivity index (χ0) is 12.1. The third kappa shape index (κ3) is 4.06. The van der Waals surface area contributed by atoms with E-state index in [0.717, 1.165) is 12.8 Å². The van der Waals surface area contributed by atoms with E-state index in [1.54, 1.807) is 0 Å². The maximum Gasteiger partial charge on any atom is 0.333 e. The van der Waals surface area contributed by atoms with Gasteiger partial charge in [0.1, 0.15) is 6.10 Å². The summed E-state index contributed by atoms with van der Waals surface area (Å²) >= 11 is 0. The van der Waals surface area contributed by atoms with Gasteiger partial charge in [0.2, 0.25) is 0 Å². The van der Waals surface area contributed by atoms with Crippen LogP contribution in [0.5, 0.6) is 0 Å². The molecule has 0 saturated carbocycles. The number of hydrogen-bond acceptors (Lipinski definition) is 2. The lowest BCUT2D eigenvalue weighted by atomic mass is 9.82. The summed E-state index contributed by atoms with van der Waals surface area (Å²) in [5.74, 6) is -0.245. The Labute approximate surface area is 93.7 Å². The molecule has 15 heavy (non-hydrogen) atoms. The van der Waals surface area contributed by atoms with Crippen molar-refractivity contribution < 1.29 is 9.53 Å². The van der Waals surface area contributed by atoms with Gasteiger partial charge in [-0.1, -0.05) is 41.2 Å². The second-order valence-electron chi connectivity index (χ2n) is 4.60. The lowest BCUT2D eigenvalue weighted by Crippen LogP contribution is -2.33. The highest BCUT2D eigenvalue weighted by molar-refractivity contribution is 5.87. The van der Waals surface area contributed by atoms with Gasteiger partial charge >= 0.3 is 5.97 Å². The lowest BCUT2D eigenvalue weighted by Gasteiger charge is -2.32. The minimum absolute atomic E-state index is 0.0155. The molecule has 0 amide bonds. The first kappa shape index (κ1) is 14.2. The van der Waals surface area contributed by atoms with Crippen LogP contribution < -0.4 is 0 Å². The molecule has 0 aromatic rings. The molecule has 0 N–H and O–H groups in total. The number of carbonyl (C=O) groups is 1. The Bertz CT molecular complexity index is 229. The molecule has 1 atom stereocenters. The van der Waals surface area contributed by atoms with E-state index in [0.29, 0.717) is 12.0 Å². The molecule has 0 aromatic carbocycles. The Morgan fingerprint density at radius 3 is 2.20 bits per heavy atom. The minimum Gasteiger partial charge on any atom is -0.458 e. The molecule has 0 aromatic heterocycles. The molecule has 1 unspecified atom stereocenters. The van der Waals surface area contributed by atoms with Crippen LogP contribution in [-0.4, -0.2) is 12.1 Å². The Hall–Kier alpha value is -0.790. The highest BCUT2D eigenvalue weighted by Crippen LogP contribution is 2.29. The lowest BCUT2D eigenvalue weighted by molar-refractivity contribution is -0.151. The van der Waals surface area contributed by atoms with E-state index in [-0.39, 0.29) is 17.5 Å². The zero-order valence-corrected chi connectivity index (χ0v) is 10.7. The van der Waals surface area contributed by atoms with Crippen LogP contribution in [0.25, 0.3) is 0 Å². The topological polar surface area (TPSA) is 26.3 Å². The number of rotatable bonds is 6. The first-order valence-corrected chi connectivity index (χ1v) is 5.77. The molecule has 0 rings (SSSR count). The summed E-state index contributed by atoms with van der Waals surface area (Å²) < 4.78 is 5.47. The van der Waals surface area contributed by atoms with Crippen molar-refractivity contribution in [1.82, 2.24) is 0 Å². The molecule has 0 aliphatic carbocycles. The summed E-state index contributed by atoms with van der Waals surface area (Å²) in [4.78, 5) is 11.6. The van der Waals surface area contributed by atoms with Gasteiger partial charge in [0.25, 0.3) is 0 Å². The second kappa shape index (κ2) is 5.94. The maximum absolute atomic E-state index is 11.6. The standard InChI is InChI=1S/C13H24O2/c1-7-10(4)12(14)15-11(8-2)13(5,6)9-3/h11H,4,7-9H2,1-3,5-6H3. The molecular formula is C13H24O2. The summed E-state index contributed by atoms with van der Waals surface area (Å²) in [7, 11) is 0. The third-order valence-electron chi connectivity index (χ3n) is 3.12. The van der Waals surface area contributed by atoms with Gasteiger partial charge in [-0.25, -0.2) is 4.79 Å². The predicted molar refractivity (Wildman–Crippen MR) is 63.7 cm³/mol. The van der Waals surface area contributed by atoms with Crippen LogP contribution in [0.2, 0.25) is 0 Å². The Kier molecular flexibility index (Phi) is 5.63. The normalized spacial score (nSPS) is 13.4. The molecule has 0 aliphatic rings. The average molecular weight is 212 g/mol. The molecule has 0 heterocycles. The number of hydrogen-bond donors (Lipinski definition) is 0. The molecule has 2 nitrogen and oxygen atoms in total. The van der Waals surface area contributed by atoms with Crippen LogP contribution in [0.4, 0.5) is 0 Å². The number of ether oxygens (including phenoxy) is 1. The van der Waals surface area contributed by atoms with Crippen LogP contribution in [-0.2, 0) is 9.53 Å². The van der Waals surface area contributed by atoms with Crippen LogP contribution in [0.15, 0.2) is 12.2 Å². The van der Waals surface area contributed by atoms with E-state index < -0.39 is 0 Å². The maximum atomic E-state index is 11.6. The van der Waals surface area contributed by atoms with Crippen molar-refractivity contribution in [1.29, 1.82) is 0 Å². The number of esters is 1. The van der Waals surface area contributed by atoms with Gasteiger partial charge in [-0.3, -0.25) is 0 Å². The van der Waals surface area contributed by atoms with E-state index in [2.05, 4.69) is 27.4 Å². The smallest absolute Gasteiger partial charge is 0.333 e. The highest BCUT2D eigenvalue weighted by Gasteiger charge is 2.29. The van der Waals surface area contributed by atoms with Gasteiger partial charge in [0.15, 0.2) is 0 Å². The van der Waals surface area contributed by atoms with E-state index in [1.807, 2.05) is 13.8 Å². The van der Waals surface area contributed by atoms with Crippen molar-refractivity contribution in [3.8, 4) is 0 Å². The van der Waals surface area contributed by atoms with Crippen molar-refractivity contribution in [2.45, 2.75) is 60.0 Å². The van der Waals surface area contributed by atoms with Crippen molar-refractivity contribution >= 4 is 5.97 Å². The molecular weight excluding hydrogens is 188 g/mol. The monoisotopic (exact) mass is 212 g/mol. The average Bonchev–Trinajstić information content (AvgIpc) is 2.23. The van der Waals surface area contributed by atoms with Crippen LogP contribution >= 0.6 is 0 Å². The van der Waals surface area contributed by atoms with Crippen LogP contribution in [0.3, 0.4) is 0 Å². The Morgan fingerprint density at radius 1 is 1.33 bits per heavy atom. The molecule has 0 fully saturated rings. The summed E-state index contributed by atoms with van der Waals surface area (Å²) in [6.45, 7) is 14.0. The van der Waals surface area contributed by atoms with Gasteiger partial charge in [0, 0.05) is 11.0 Å². The van der Waals surface area contributed by atoms with Crippen LogP contribution in [0.1, 0.15) is 53.9 Å². The number of carbonyl (C=O) groups excluding carboxylic acids is 1. The quantitative estimate of drug-likeness (QED) is 0.495. The fourth-order valence-corrected chi connectivity index (χ4v) is 1.38. The van der Waals surface area contributed by atoms with Gasteiger partial charge < -0.3 is 4.74 Å². The molecule has 88 valence electrons.